The number of rotatable bonds is 1. The Hall–Kier alpha value is -1.70. The molecule has 1 N–H and O–H groups in total. The highest BCUT2D eigenvalue weighted by Gasteiger charge is 2.33. The van der Waals surface area contributed by atoms with Crippen LogP contribution in [0.5, 0.6) is 0 Å². The van der Waals surface area contributed by atoms with Crippen molar-refractivity contribution in [3.63, 3.8) is 0 Å². The van der Waals surface area contributed by atoms with E-state index in [4.69, 9.17) is 26.2 Å². The average molecular weight is 359 g/mol. The Morgan fingerprint density at radius 3 is 2.71 bits per heavy atom. The Labute approximate surface area is 144 Å². The SMILES string of the molecule is CN1C[C@H]2COC[C@@H]1CN(C(=O)c1cc(F)cc(Cl)c1)C2.O=CO. The molecule has 2 atom stereocenters. The van der Waals surface area contributed by atoms with Crippen molar-refractivity contribution in [2.75, 3.05) is 39.9 Å². The summed E-state index contributed by atoms with van der Waals surface area (Å²) in [6.45, 7) is 3.18. The summed E-state index contributed by atoms with van der Waals surface area (Å²) in [5.41, 5.74) is 0.309. The van der Waals surface area contributed by atoms with Crippen molar-refractivity contribution in [3.8, 4) is 0 Å². The summed E-state index contributed by atoms with van der Waals surface area (Å²) in [6, 6.07) is 4.16. The monoisotopic (exact) mass is 358 g/mol. The molecule has 2 saturated heterocycles. The first-order chi connectivity index (χ1) is 11.4. The molecule has 2 fully saturated rings. The molecule has 3 rings (SSSR count). The predicted octanol–water partition coefficient (Wildman–Crippen LogP) is 1.58. The minimum Gasteiger partial charge on any atom is -0.483 e. The standard InChI is InChI=1S/C15H18ClFN2O2.CH2O2/c1-18-5-10-6-19(7-14(18)9-21-8-10)15(20)11-2-12(16)4-13(17)3-11;2-1-3/h2-4,10,14H,5-9H2,1H3;1H,(H,2,3)/t10-,14+;/m1./s1. The van der Waals surface area contributed by atoms with E-state index < -0.39 is 5.82 Å². The lowest BCUT2D eigenvalue weighted by atomic mass is 10.1. The maximum atomic E-state index is 13.4. The van der Waals surface area contributed by atoms with Gasteiger partial charge in [0.1, 0.15) is 5.82 Å². The lowest BCUT2D eigenvalue weighted by Gasteiger charge is -2.29. The van der Waals surface area contributed by atoms with Crippen LogP contribution >= 0.6 is 11.6 Å². The largest absolute Gasteiger partial charge is 0.483 e. The number of nitrogens with zero attached hydrogens (tertiary/aromatic N) is 2. The summed E-state index contributed by atoms with van der Waals surface area (Å²) < 4.78 is 19.1. The molecule has 1 amide bonds. The maximum absolute atomic E-state index is 13.4. The molecule has 1 aromatic rings. The van der Waals surface area contributed by atoms with Gasteiger partial charge in [0.25, 0.3) is 12.4 Å². The van der Waals surface area contributed by atoms with E-state index in [9.17, 15) is 9.18 Å². The Kier molecular flexibility index (Phi) is 6.53. The summed E-state index contributed by atoms with van der Waals surface area (Å²) in [7, 11) is 2.05. The van der Waals surface area contributed by atoms with Gasteiger partial charge in [0.2, 0.25) is 0 Å². The molecule has 0 aromatic heterocycles. The van der Waals surface area contributed by atoms with E-state index >= 15 is 0 Å². The number of carbonyl (C=O) groups is 2. The number of benzene rings is 1. The van der Waals surface area contributed by atoms with Crippen LogP contribution in [0.4, 0.5) is 4.39 Å². The third-order valence-corrected chi connectivity index (χ3v) is 4.36. The second-order valence-electron chi connectivity index (χ2n) is 5.97. The smallest absolute Gasteiger partial charge is 0.290 e. The number of ether oxygens (including phenoxy) is 1. The molecule has 2 bridgehead atoms. The number of hydrogen-bond acceptors (Lipinski definition) is 4. The van der Waals surface area contributed by atoms with Gasteiger partial charge < -0.3 is 14.7 Å². The molecule has 2 aliphatic rings. The Morgan fingerprint density at radius 2 is 2.04 bits per heavy atom. The molecule has 2 heterocycles. The van der Waals surface area contributed by atoms with Crippen LogP contribution in [-0.4, -0.2) is 73.2 Å². The number of carbonyl (C=O) groups excluding carboxylic acids is 1. The van der Waals surface area contributed by atoms with Gasteiger partial charge in [-0.15, -0.1) is 0 Å². The second-order valence-corrected chi connectivity index (χ2v) is 6.41. The van der Waals surface area contributed by atoms with Crippen LogP contribution in [0.1, 0.15) is 10.4 Å². The lowest BCUT2D eigenvalue weighted by Crippen LogP contribution is -2.44. The number of likely N-dealkylation sites (N-methyl/N-ethyl adjacent to an activating group) is 1. The van der Waals surface area contributed by atoms with Crippen molar-refractivity contribution in [2.45, 2.75) is 6.04 Å². The summed E-state index contributed by atoms with van der Waals surface area (Å²) >= 11 is 5.85. The molecule has 6 nitrogen and oxygen atoms in total. The van der Waals surface area contributed by atoms with Gasteiger partial charge in [-0.2, -0.15) is 0 Å². The molecule has 0 saturated carbocycles. The van der Waals surface area contributed by atoms with Crippen LogP contribution in [0.2, 0.25) is 5.02 Å². The van der Waals surface area contributed by atoms with Crippen LogP contribution in [-0.2, 0) is 9.53 Å². The predicted molar refractivity (Wildman–Crippen MR) is 86.7 cm³/mol. The lowest BCUT2D eigenvalue weighted by molar-refractivity contribution is -0.122. The number of fused-ring (bicyclic) bond motifs is 3. The van der Waals surface area contributed by atoms with E-state index in [2.05, 4.69) is 11.9 Å². The molecule has 2 aliphatic heterocycles. The van der Waals surface area contributed by atoms with Gasteiger partial charge in [-0.05, 0) is 25.2 Å². The van der Waals surface area contributed by atoms with E-state index in [1.165, 1.54) is 18.2 Å². The minimum atomic E-state index is -0.485. The molecule has 8 heteroatoms. The molecule has 0 radical (unpaired) electrons. The zero-order valence-electron chi connectivity index (χ0n) is 13.3. The summed E-state index contributed by atoms with van der Waals surface area (Å²) in [5.74, 6) is -0.361. The number of carboxylic acid groups (broad SMARTS) is 1. The average Bonchev–Trinajstić information content (AvgIpc) is 2.74. The minimum absolute atomic E-state index is 0.163. The fourth-order valence-electron chi connectivity index (χ4n) is 3.08. The molecule has 0 spiro atoms. The van der Waals surface area contributed by atoms with Crippen LogP contribution in [0.3, 0.4) is 0 Å². The molecular weight excluding hydrogens is 339 g/mol. The van der Waals surface area contributed by atoms with E-state index in [0.717, 1.165) is 6.54 Å². The van der Waals surface area contributed by atoms with Gasteiger partial charge in [0.05, 0.1) is 19.3 Å². The van der Waals surface area contributed by atoms with Gasteiger partial charge in [-0.25, -0.2) is 4.39 Å². The fourth-order valence-corrected chi connectivity index (χ4v) is 3.30. The van der Waals surface area contributed by atoms with E-state index in [0.29, 0.717) is 31.9 Å². The van der Waals surface area contributed by atoms with Crippen LogP contribution in [0.15, 0.2) is 18.2 Å². The van der Waals surface area contributed by atoms with E-state index in [1.54, 1.807) is 4.90 Å². The topological polar surface area (TPSA) is 70.1 Å². The highest BCUT2D eigenvalue weighted by molar-refractivity contribution is 6.31. The van der Waals surface area contributed by atoms with Crippen LogP contribution < -0.4 is 0 Å². The Bertz CT molecular complexity index is 581. The highest BCUT2D eigenvalue weighted by atomic mass is 35.5. The van der Waals surface area contributed by atoms with E-state index in [-0.39, 0.29) is 29.4 Å². The van der Waals surface area contributed by atoms with Crippen molar-refractivity contribution < 1.29 is 23.8 Å². The maximum Gasteiger partial charge on any atom is 0.290 e. The fraction of sp³-hybridized carbons (Fsp3) is 0.500. The first kappa shape index (κ1) is 18.6. The van der Waals surface area contributed by atoms with Crippen molar-refractivity contribution in [3.05, 3.63) is 34.6 Å². The van der Waals surface area contributed by atoms with Crippen LogP contribution in [0.25, 0.3) is 0 Å². The third-order valence-electron chi connectivity index (χ3n) is 4.14. The number of amides is 1. The quantitative estimate of drug-likeness (QED) is 0.772. The first-order valence-electron chi connectivity index (χ1n) is 7.55. The van der Waals surface area contributed by atoms with Gasteiger partial charge >= 0.3 is 0 Å². The molecule has 0 unspecified atom stereocenters. The molecule has 24 heavy (non-hydrogen) atoms. The zero-order valence-corrected chi connectivity index (χ0v) is 14.1. The number of halogens is 2. The molecular formula is C16H20ClFN2O4. The second kappa shape index (κ2) is 8.41. The van der Waals surface area contributed by atoms with Crippen molar-refractivity contribution in [1.29, 1.82) is 0 Å². The Balaban J connectivity index is 0.000000647. The molecule has 0 aliphatic carbocycles. The summed E-state index contributed by atoms with van der Waals surface area (Å²) in [5, 5.41) is 7.13. The summed E-state index contributed by atoms with van der Waals surface area (Å²) in [6.07, 6.45) is 0. The zero-order chi connectivity index (χ0) is 17.7. The first-order valence-corrected chi connectivity index (χ1v) is 7.93. The molecule has 132 valence electrons. The van der Waals surface area contributed by atoms with Crippen LogP contribution in [0, 0.1) is 11.7 Å². The van der Waals surface area contributed by atoms with Gasteiger partial charge in [-0.3, -0.25) is 14.5 Å². The third kappa shape index (κ3) is 4.66. The van der Waals surface area contributed by atoms with Crippen molar-refractivity contribution in [2.24, 2.45) is 5.92 Å². The van der Waals surface area contributed by atoms with Gasteiger partial charge in [-0.1, -0.05) is 11.6 Å². The summed E-state index contributed by atoms with van der Waals surface area (Å²) in [4.78, 5) is 25.0. The highest BCUT2D eigenvalue weighted by Crippen LogP contribution is 2.21. The Morgan fingerprint density at radius 1 is 1.33 bits per heavy atom. The van der Waals surface area contributed by atoms with Crippen molar-refractivity contribution in [1.82, 2.24) is 9.80 Å². The van der Waals surface area contributed by atoms with Crippen molar-refractivity contribution >= 4 is 24.0 Å². The molecule has 1 aromatic carbocycles. The van der Waals surface area contributed by atoms with Gasteiger partial charge in [0, 0.05) is 36.1 Å². The number of hydrogen-bond donors (Lipinski definition) is 1. The van der Waals surface area contributed by atoms with Gasteiger partial charge in [0.15, 0.2) is 0 Å². The normalized spacial score (nSPS) is 23.7. The van der Waals surface area contributed by atoms with E-state index in [1.807, 2.05) is 0 Å².